The maximum absolute atomic E-state index is 12.7. The van der Waals surface area contributed by atoms with Crippen LogP contribution in [0.25, 0.3) is 0 Å². The molecule has 2 rings (SSSR count). The van der Waals surface area contributed by atoms with Crippen molar-refractivity contribution in [1.82, 2.24) is 4.90 Å². The zero-order chi connectivity index (χ0) is 18.4. The van der Waals surface area contributed by atoms with Gasteiger partial charge >= 0.3 is 0 Å². The minimum Gasteiger partial charge on any atom is -0.378 e. The molecule has 1 aromatic rings. The van der Waals surface area contributed by atoms with Gasteiger partial charge in [0.2, 0.25) is 11.8 Å². The Morgan fingerprint density at radius 1 is 1.12 bits per heavy atom. The lowest BCUT2D eigenvalue weighted by atomic mass is 9.90. The topological polar surface area (TPSA) is 61.9 Å². The highest BCUT2D eigenvalue weighted by molar-refractivity contribution is 6.09. The number of nitrogens with one attached hydrogen (secondary N) is 1. The van der Waals surface area contributed by atoms with E-state index in [1.165, 1.54) is 0 Å². The Bertz CT molecular complexity index is 588. The summed E-state index contributed by atoms with van der Waals surface area (Å²) < 4.78 is 5.27. The van der Waals surface area contributed by atoms with Crippen molar-refractivity contribution >= 4 is 23.2 Å². The van der Waals surface area contributed by atoms with Crippen molar-refractivity contribution in [3.05, 3.63) is 24.3 Å². The number of carbonyl (C=O) groups is 2. The first-order valence-electron chi connectivity index (χ1n) is 8.93. The zero-order valence-electron chi connectivity index (χ0n) is 15.7. The number of benzene rings is 1. The second-order valence-corrected chi connectivity index (χ2v) is 6.70. The lowest BCUT2D eigenvalue weighted by Gasteiger charge is -2.33. The van der Waals surface area contributed by atoms with Gasteiger partial charge in [-0.05, 0) is 52.0 Å². The van der Waals surface area contributed by atoms with E-state index in [1.807, 2.05) is 24.3 Å². The number of anilines is 2. The molecule has 2 amide bonds. The van der Waals surface area contributed by atoms with E-state index in [2.05, 4.69) is 24.1 Å². The van der Waals surface area contributed by atoms with Crippen LogP contribution in [0.5, 0.6) is 0 Å². The van der Waals surface area contributed by atoms with Crippen LogP contribution in [0.1, 0.15) is 27.7 Å². The van der Waals surface area contributed by atoms with Crippen molar-refractivity contribution in [3.8, 4) is 0 Å². The van der Waals surface area contributed by atoms with E-state index in [1.54, 1.807) is 18.7 Å². The monoisotopic (exact) mass is 347 g/mol. The van der Waals surface area contributed by atoms with Crippen molar-refractivity contribution in [2.75, 3.05) is 49.6 Å². The van der Waals surface area contributed by atoms with Gasteiger partial charge in [-0.3, -0.25) is 9.59 Å². The first-order chi connectivity index (χ1) is 11.9. The van der Waals surface area contributed by atoms with E-state index in [9.17, 15) is 9.59 Å². The van der Waals surface area contributed by atoms with Gasteiger partial charge in [0.15, 0.2) is 0 Å². The average Bonchev–Trinajstić information content (AvgIpc) is 2.64. The quantitative estimate of drug-likeness (QED) is 0.803. The lowest BCUT2D eigenvalue weighted by Crippen LogP contribution is -2.51. The normalized spacial score (nSPS) is 15.0. The fraction of sp³-hybridized carbons (Fsp3) is 0.579. The van der Waals surface area contributed by atoms with E-state index in [0.717, 1.165) is 18.8 Å². The molecule has 1 heterocycles. The summed E-state index contributed by atoms with van der Waals surface area (Å²) in [5, 5.41) is 2.87. The molecule has 138 valence electrons. The van der Waals surface area contributed by atoms with Crippen molar-refractivity contribution < 1.29 is 14.3 Å². The molecule has 0 aromatic heterocycles. The number of hydrogen-bond donors (Lipinski definition) is 1. The highest BCUT2D eigenvalue weighted by Crippen LogP contribution is 2.24. The Kier molecular flexibility index (Phi) is 6.42. The Morgan fingerprint density at radius 2 is 1.68 bits per heavy atom. The number of hydrogen-bond acceptors (Lipinski definition) is 4. The molecular formula is C19H29N3O3. The van der Waals surface area contributed by atoms with Gasteiger partial charge in [0.1, 0.15) is 5.41 Å². The van der Waals surface area contributed by atoms with Crippen LogP contribution in [0.3, 0.4) is 0 Å². The summed E-state index contributed by atoms with van der Waals surface area (Å²) in [6.07, 6.45) is 0. The highest BCUT2D eigenvalue weighted by Gasteiger charge is 2.39. The molecule has 0 saturated carbocycles. The van der Waals surface area contributed by atoms with Crippen molar-refractivity contribution in [2.45, 2.75) is 27.7 Å². The third-order valence-electron chi connectivity index (χ3n) is 4.65. The molecule has 0 spiro atoms. The Balaban J connectivity index is 2.03. The number of morpholine rings is 1. The van der Waals surface area contributed by atoms with Crippen molar-refractivity contribution in [1.29, 1.82) is 0 Å². The Hall–Kier alpha value is -2.08. The summed E-state index contributed by atoms with van der Waals surface area (Å²) in [4.78, 5) is 29.3. The summed E-state index contributed by atoms with van der Waals surface area (Å²) in [6, 6.07) is 7.72. The second-order valence-electron chi connectivity index (χ2n) is 6.70. The van der Waals surface area contributed by atoms with E-state index >= 15 is 0 Å². The van der Waals surface area contributed by atoms with E-state index in [4.69, 9.17) is 4.74 Å². The van der Waals surface area contributed by atoms with Gasteiger partial charge in [-0.2, -0.15) is 0 Å². The molecule has 25 heavy (non-hydrogen) atoms. The van der Waals surface area contributed by atoms with Crippen LogP contribution in [0.15, 0.2) is 24.3 Å². The number of rotatable bonds is 6. The van der Waals surface area contributed by atoms with Gasteiger partial charge in [-0.1, -0.05) is 0 Å². The molecule has 0 bridgehead atoms. The largest absolute Gasteiger partial charge is 0.378 e. The molecule has 1 saturated heterocycles. The van der Waals surface area contributed by atoms with Gasteiger partial charge in [0, 0.05) is 37.6 Å². The first kappa shape index (κ1) is 19.2. The Morgan fingerprint density at radius 3 is 2.20 bits per heavy atom. The van der Waals surface area contributed by atoms with Crippen LogP contribution in [0, 0.1) is 5.41 Å². The summed E-state index contributed by atoms with van der Waals surface area (Å²) in [5.74, 6) is -0.451. The second kappa shape index (κ2) is 8.34. The number of carbonyl (C=O) groups excluding carboxylic acids is 2. The fourth-order valence-electron chi connectivity index (χ4n) is 2.89. The van der Waals surface area contributed by atoms with E-state index in [-0.39, 0.29) is 11.8 Å². The summed E-state index contributed by atoms with van der Waals surface area (Å²) >= 11 is 0. The van der Waals surface area contributed by atoms with Gasteiger partial charge in [0.25, 0.3) is 0 Å². The molecule has 0 unspecified atom stereocenters. The molecule has 0 atom stereocenters. The number of amides is 2. The van der Waals surface area contributed by atoms with Crippen LogP contribution in [0.2, 0.25) is 0 Å². The maximum atomic E-state index is 12.7. The lowest BCUT2D eigenvalue weighted by molar-refractivity contribution is -0.149. The molecule has 0 aliphatic carbocycles. The van der Waals surface area contributed by atoms with Crippen molar-refractivity contribution in [2.24, 2.45) is 5.41 Å². The zero-order valence-corrected chi connectivity index (χ0v) is 15.7. The predicted molar refractivity (Wildman–Crippen MR) is 99.8 cm³/mol. The van der Waals surface area contributed by atoms with Gasteiger partial charge in [-0.15, -0.1) is 0 Å². The predicted octanol–water partition coefficient (Wildman–Crippen LogP) is 2.36. The van der Waals surface area contributed by atoms with Crippen LogP contribution >= 0.6 is 0 Å². The highest BCUT2D eigenvalue weighted by atomic mass is 16.5. The first-order valence-corrected chi connectivity index (χ1v) is 8.93. The number of ether oxygens (including phenoxy) is 1. The van der Waals surface area contributed by atoms with Crippen LogP contribution < -0.4 is 10.2 Å². The maximum Gasteiger partial charge on any atom is 0.239 e. The summed E-state index contributed by atoms with van der Waals surface area (Å²) in [6.45, 7) is 11.5. The smallest absolute Gasteiger partial charge is 0.239 e. The fourth-order valence-corrected chi connectivity index (χ4v) is 2.89. The van der Waals surface area contributed by atoms with Crippen LogP contribution in [0.4, 0.5) is 11.4 Å². The molecule has 1 aromatic carbocycles. The van der Waals surface area contributed by atoms with Gasteiger partial charge in [0.05, 0.1) is 13.2 Å². The minimum absolute atomic E-state index is 0.159. The third kappa shape index (κ3) is 4.51. The molecule has 1 fully saturated rings. The standard InChI is InChI=1S/C19H29N3O3/c1-5-21(6-2)16-9-7-15(8-10-16)20-17(23)19(3,4)18(24)22-11-13-25-14-12-22/h7-10H,5-6,11-14H2,1-4H3,(H,20,23). The molecule has 1 aliphatic rings. The van der Waals surface area contributed by atoms with Gasteiger partial charge < -0.3 is 19.9 Å². The SMILES string of the molecule is CCN(CC)c1ccc(NC(=O)C(C)(C)C(=O)N2CCOCC2)cc1. The molecular weight excluding hydrogens is 318 g/mol. The summed E-state index contributed by atoms with van der Waals surface area (Å²) in [7, 11) is 0. The van der Waals surface area contributed by atoms with E-state index < -0.39 is 5.41 Å². The van der Waals surface area contributed by atoms with E-state index in [0.29, 0.717) is 32.0 Å². The Labute approximate surface area is 150 Å². The molecule has 1 N–H and O–H groups in total. The third-order valence-corrected chi connectivity index (χ3v) is 4.65. The molecule has 1 aliphatic heterocycles. The number of nitrogens with zero attached hydrogens (tertiary/aromatic N) is 2. The average molecular weight is 347 g/mol. The molecule has 0 radical (unpaired) electrons. The van der Waals surface area contributed by atoms with Crippen LogP contribution in [-0.2, 0) is 14.3 Å². The van der Waals surface area contributed by atoms with Gasteiger partial charge in [-0.25, -0.2) is 0 Å². The van der Waals surface area contributed by atoms with Crippen LogP contribution in [-0.4, -0.2) is 56.1 Å². The molecule has 6 nitrogen and oxygen atoms in total. The molecule has 6 heteroatoms. The van der Waals surface area contributed by atoms with Crippen molar-refractivity contribution in [3.63, 3.8) is 0 Å². The summed E-state index contributed by atoms with van der Waals surface area (Å²) in [5.41, 5.74) is 0.699. The minimum atomic E-state index is -1.12.